The molecule has 0 spiro atoms. The van der Waals surface area contributed by atoms with Crippen LogP contribution in [0.5, 0.6) is 0 Å². The van der Waals surface area contributed by atoms with Crippen LogP contribution < -0.4 is 10.6 Å². The highest BCUT2D eigenvalue weighted by molar-refractivity contribution is 5.83. The maximum Gasteiger partial charge on any atom is 0.249 e. The molecule has 0 aliphatic rings. The van der Waals surface area contributed by atoms with Crippen molar-refractivity contribution in [1.82, 2.24) is 10.6 Å². The van der Waals surface area contributed by atoms with Gasteiger partial charge in [-0.2, -0.15) is 0 Å². The smallest absolute Gasteiger partial charge is 0.249 e. The van der Waals surface area contributed by atoms with E-state index in [0.717, 1.165) is 12.8 Å². The molecule has 23 heavy (non-hydrogen) atoms. The summed E-state index contributed by atoms with van der Waals surface area (Å²) in [6, 6.07) is -0.369. The first-order valence-electron chi connectivity index (χ1n) is 8.60. The number of nitrogens with one attached hydrogen (secondary N) is 2. The van der Waals surface area contributed by atoms with E-state index in [-0.39, 0.29) is 25.0 Å². The second-order valence-corrected chi connectivity index (χ2v) is 6.93. The van der Waals surface area contributed by atoms with Gasteiger partial charge in [-0.3, -0.25) is 9.59 Å². The lowest BCUT2D eigenvalue weighted by molar-refractivity contribution is -0.137. The zero-order valence-corrected chi connectivity index (χ0v) is 15.0. The summed E-state index contributed by atoms with van der Waals surface area (Å²) < 4.78 is 0. The predicted octanol–water partition coefficient (Wildman–Crippen LogP) is 1.35. The quantitative estimate of drug-likeness (QED) is 0.406. The molecule has 0 radical (unpaired) electrons. The van der Waals surface area contributed by atoms with Crippen molar-refractivity contribution >= 4 is 11.8 Å². The van der Waals surface area contributed by atoms with Crippen LogP contribution in [0.3, 0.4) is 0 Å². The van der Waals surface area contributed by atoms with Crippen LogP contribution in [0, 0.1) is 5.41 Å². The number of hydrogen-bond donors (Lipinski definition) is 4. The molecule has 0 bridgehead atoms. The average Bonchev–Trinajstić information content (AvgIpc) is 2.49. The van der Waals surface area contributed by atoms with Crippen molar-refractivity contribution in [1.29, 1.82) is 0 Å². The van der Waals surface area contributed by atoms with Crippen molar-refractivity contribution in [2.24, 2.45) is 5.41 Å². The zero-order chi connectivity index (χ0) is 17.9. The molecule has 0 fully saturated rings. The topological polar surface area (TPSA) is 98.7 Å². The molecule has 0 heterocycles. The van der Waals surface area contributed by atoms with Crippen LogP contribution in [-0.2, 0) is 9.59 Å². The van der Waals surface area contributed by atoms with Crippen molar-refractivity contribution in [3.63, 3.8) is 0 Å². The standard InChI is InChI=1S/C17H34N2O4/c1-5-6-7-8-9-10-18-14(21)11-13(2)19-16(23)15(22)17(3,4)12-20/h13,15,20,22H,5-12H2,1-4H3,(H,18,21)(H,19,23)/t13?,15-/m0/s1. The maximum absolute atomic E-state index is 11.9. The predicted molar refractivity (Wildman–Crippen MR) is 90.9 cm³/mol. The fraction of sp³-hybridized carbons (Fsp3) is 0.882. The minimum atomic E-state index is -1.31. The number of hydrogen-bond acceptors (Lipinski definition) is 4. The largest absolute Gasteiger partial charge is 0.396 e. The maximum atomic E-state index is 11.9. The van der Waals surface area contributed by atoms with Crippen molar-refractivity contribution in [2.45, 2.75) is 78.4 Å². The van der Waals surface area contributed by atoms with E-state index in [4.69, 9.17) is 5.11 Å². The van der Waals surface area contributed by atoms with E-state index in [1.165, 1.54) is 19.3 Å². The first kappa shape index (κ1) is 21.9. The monoisotopic (exact) mass is 330 g/mol. The molecule has 0 saturated carbocycles. The second kappa shape index (κ2) is 11.4. The molecule has 1 unspecified atom stereocenters. The summed E-state index contributed by atoms with van der Waals surface area (Å²) in [6.45, 7) is 7.45. The Labute approximate surface area is 140 Å². The van der Waals surface area contributed by atoms with Gasteiger partial charge in [0.05, 0.1) is 6.61 Å². The SMILES string of the molecule is CCCCCCCNC(=O)CC(C)NC(=O)[C@H](O)C(C)(C)CO. The van der Waals surface area contributed by atoms with Crippen molar-refractivity contribution in [3.05, 3.63) is 0 Å². The van der Waals surface area contributed by atoms with Gasteiger partial charge < -0.3 is 20.8 Å². The molecule has 6 nitrogen and oxygen atoms in total. The van der Waals surface area contributed by atoms with Crippen molar-refractivity contribution in [3.8, 4) is 0 Å². The summed E-state index contributed by atoms with van der Waals surface area (Å²) >= 11 is 0. The number of amides is 2. The zero-order valence-electron chi connectivity index (χ0n) is 15.0. The lowest BCUT2D eigenvalue weighted by Crippen LogP contribution is -2.48. The Morgan fingerprint density at radius 2 is 1.74 bits per heavy atom. The van der Waals surface area contributed by atoms with E-state index in [1.54, 1.807) is 20.8 Å². The summed E-state index contributed by atoms with van der Waals surface area (Å²) in [5.74, 6) is -0.673. The Hall–Kier alpha value is -1.14. The summed E-state index contributed by atoms with van der Waals surface area (Å²) in [5, 5.41) is 24.5. The van der Waals surface area contributed by atoms with Crippen molar-refractivity contribution < 1.29 is 19.8 Å². The number of aliphatic hydroxyl groups is 2. The molecule has 0 aliphatic carbocycles. The van der Waals surface area contributed by atoms with E-state index in [1.807, 2.05) is 0 Å². The van der Waals surface area contributed by atoms with Gasteiger partial charge in [-0.05, 0) is 13.3 Å². The third kappa shape index (κ3) is 9.56. The Morgan fingerprint density at radius 1 is 1.13 bits per heavy atom. The molecular weight excluding hydrogens is 296 g/mol. The number of rotatable bonds is 12. The highest BCUT2D eigenvalue weighted by atomic mass is 16.3. The first-order valence-corrected chi connectivity index (χ1v) is 8.60. The van der Waals surface area contributed by atoms with Gasteiger partial charge in [-0.25, -0.2) is 0 Å². The van der Waals surface area contributed by atoms with E-state index in [9.17, 15) is 14.7 Å². The average molecular weight is 330 g/mol. The van der Waals surface area contributed by atoms with Crippen LogP contribution in [0.2, 0.25) is 0 Å². The number of carbonyl (C=O) groups excluding carboxylic acids is 2. The van der Waals surface area contributed by atoms with Gasteiger partial charge in [0.1, 0.15) is 6.10 Å². The molecule has 4 N–H and O–H groups in total. The molecule has 0 saturated heterocycles. The highest BCUT2D eigenvalue weighted by Gasteiger charge is 2.33. The molecule has 2 amide bonds. The molecule has 0 rings (SSSR count). The van der Waals surface area contributed by atoms with Gasteiger partial charge in [0.25, 0.3) is 0 Å². The molecule has 2 atom stereocenters. The second-order valence-electron chi connectivity index (χ2n) is 6.93. The number of aliphatic hydroxyl groups excluding tert-OH is 2. The fourth-order valence-electron chi connectivity index (χ4n) is 2.12. The van der Waals surface area contributed by atoms with Crippen LogP contribution in [0.15, 0.2) is 0 Å². The van der Waals surface area contributed by atoms with Gasteiger partial charge in [0, 0.05) is 24.4 Å². The van der Waals surface area contributed by atoms with Crippen LogP contribution in [-0.4, -0.2) is 47.3 Å². The van der Waals surface area contributed by atoms with Gasteiger partial charge in [-0.15, -0.1) is 0 Å². The van der Waals surface area contributed by atoms with Crippen LogP contribution in [0.25, 0.3) is 0 Å². The number of carbonyl (C=O) groups is 2. The summed E-state index contributed by atoms with van der Waals surface area (Å²) in [7, 11) is 0. The molecule has 0 aromatic heterocycles. The summed E-state index contributed by atoms with van der Waals surface area (Å²) in [5.41, 5.74) is -0.912. The van der Waals surface area contributed by atoms with Crippen LogP contribution >= 0.6 is 0 Å². The molecule has 136 valence electrons. The number of unbranched alkanes of at least 4 members (excludes halogenated alkanes) is 4. The molecule has 0 aromatic carbocycles. The van der Waals surface area contributed by atoms with Gasteiger partial charge in [-0.1, -0.05) is 46.5 Å². The van der Waals surface area contributed by atoms with Crippen LogP contribution in [0.4, 0.5) is 0 Å². The lowest BCUT2D eigenvalue weighted by atomic mass is 9.87. The van der Waals surface area contributed by atoms with E-state index < -0.39 is 17.4 Å². The highest BCUT2D eigenvalue weighted by Crippen LogP contribution is 2.19. The van der Waals surface area contributed by atoms with Crippen LogP contribution in [0.1, 0.15) is 66.2 Å². The normalized spacial score (nSPS) is 14.2. The first-order chi connectivity index (χ1) is 10.7. The van der Waals surface area contributed by atoms with E-state index in [0.29, 0.717) is 6.54 Å². The molecule has 0 aliphatic heterocycles. The third-order valence-corrected chi connectivity index (χ3v) is 3.88. The Morgan fingerprint density at radius 3 is 2.30 bits per heavy atom. The Bertz CT molecular complexity index is 359. The minimum absolute atomic E-state index is 0.107. The molecule has 6 heteroatoms. The molecule has 0 aromatic rings. The Kier molecular flexibility index (Phi) is 10.8. The summed E-state index contributed by atoms with van der Waals surface area (Å²) in [6.07, 6.45) is 4.56. The molecular formula is C17H34N2O4. The van der Waals surface area contributed by atoms with Crippen molar-refractivity contribution in [2.75, 3.05) is 13.2 Å². The fourth-order valence-corrected chi connectivity index (χ4v) is 2.12. The third-order valence-electron chi connectivity index (χ3n) is 3.88. The van der Waals surface area contributed by atoms with E-state index >= 15 is 0 Å². The van der Waals surface area contributed by atoms with Gasteiger partial charge in [0.2, 0.25) is 11.8 Å². The Balaban J connectivity index is 3.98. The van der Waals surface area contributed by atoms with Gasteiger partial charge >= 0.3 is 0 Å². The minimum Gasteiger partial charge on any atom is -0.396 e. The van der Waals surface area contributed by atoms with Gasteiger partial charge in [0.15, 0.2) is 0 Å². The van der Waals surface area contributed by atoms with E-state index in [2.05, 4.69) is 17.6 Å². The lowest BCUT2D eigenvalue weighted by Gasteiger charge is -2.28. The summed E-state index contributed by atoms with van der Waals surface area (Å²) in [4.78, 5) is 23.7.